The molecule has 0 aliphatic heterocycles. The molecule has 2 aromatic carbocycles. The number of nitrogens with one attached hydrogen (secondary N) is 3. The Morgan fingerprint density at radius 3 is 2.15 bits per heavy atom. The van der Waals surface area contributed by atoms with E-state index in [2.05, 4.69) is 29.8 Å². The highest BCUT2D eigenvalue weighted by molar-refractivity contribution is 7.12. The Morgan fingerprint density at radius 2 is 1.55 bits per heavy atom. The number of hydrogen-bond donors (Lipinski definition) is 3. The number of thiophene rings is 1. The molecule has 0 unspecified atom stereocenters. The number of hydrogen-bond acceptors (Lipinski definition) is 5. The number of carbonyl (C=O) groups is 3. The second kappa shape index (κ2) is 11.8. The smallest absolute Gasteiger partial charge is 0.262 e. The summed E-state index contributed by atoms with van der Waals surface area (Å²) in [5.74, 6) is 0.363. The van der Waals surface area contributed by atoms with Crippen LogP contribution < -0.4 is 20.7 Å². The van der Waals surface area contributed by atoms with Crippen molar-refractivity contribution in [1.29, 1.82) is 0 Å². The average Bonchev–Trinajstić information content (AvgIpc) is 3.36. The standard InChI is InChI=1S/C25H27N3O4S/c1-17(2)18-7-11-21(12-8-18)32-16-23(29)28-20-9-5-19(6-10-20)24(30)26-13-14-27-25(31)22-4-3-15-33-22/h3-12,15,17H,13-14,16H2,1-2H3,(H,26,30)(H,27,31)(H,28,29). The molecule has 3 rings (SSSR count). The van der Waals surface area contributed by atoms with Crippen LogP contribution in [0.25, 0.3) is 0 Å². The Morgan fingerprint density at radius 1 is 0.879 bits per heavy atom. The molecule has 0 saturated carbocycles. The normalized spacial score (nSPS) is 10.5. The molecule has 33 heavy (non-hydrogen) atoms. The molecule has 172 valence electrons. The Balaban J connectivity index is 1.38. The van der Waals surface area contributed by atoms with E-state index in [1.807, 2.05) is 35.7 Å². The summed E-state index contributed by atoms with van der Waals surface area (Å²) in [4.78, 5) is 36.9. The van der Waals surface area contributed by atoms with Crippen molar-refractivity contribution in [2.45, 2.75) is 19.8 Å². The first kappa shape index (κ1) is 24.0. The van der Waals surface area contributed by atoms with Crippen LogP contribution in [0.15, 0.2) is 66.0 Å². The van der Waals surface area contributed by atoms with Crippen molar-refractivity contribution in [3.63, 3.8) is 0 Å². The lowest BCUT2D eigenvalue weighted by Gasteiger charge is -2.10. The monoisotopic (exact) mass is 465 g/mol. The van der Waals surface area contributed by atoms with E-state index in [-0.39, 0.29) is 24.3 Å². The molecule has 3 amide bonds. The van der Waals surface area contributed by atoms with Crippen LogP contribution in [0.3, 0.4) is 0 Å². The lowest BCUT2D eigenvalue weighted by molar-refractivity contribution is -0.118. The Hall–Kier alpha value is -3.65. The average molecular weight is 466 g/mol. The molecule has 0 aliphatic carbocycles. The predicted molar refractivity (Wildman–Crippen MR) is 130 cm³/mol. The Bertz CT molecular complexity index is 1060. The number of benzene rings is 2. The summed E-state index contributed by atoms with van der Waals surface area (Å²) < 4.78 is 5.53. The zero-order valence-electron chi connectivity index (χ0n) is 18.6. The third kappa shape index (κ3) is 7.47. The van der Waals surface area contributed by atoms with Crippen LogP contribution in [0.1, 0.15) is 45.4 Å². The summed E-state index contributed by atoms with van der Waals surface area (Å²) >= 11 is 1.36. The third-order valence-electron chi connectivity index (χ3n) is 4.79. The second-order valence-electron chi connectivity index (χ2n) is 7.63. The van der Waals surface area contributed by atoms with E-state index >= 15 is 0 Å². The van der Waals surface area contributed by atoms with Crippen molar-refractivity contribution in [3.8, 4) is 5.75 Å². The minimum Gasteiger partial charge on any atom is -0.484 e. The van der Waals surface area contributed by atoms with Gasteiger partial charge >= 0.3 is 0 Å². The molecule has 3 aromatic rings. The number of ether oxygens (including phenoxy) is 1. The van der Waals surface area contributed by atoms with Gasteiger partial charge in [-0.05, 0) is 59.3 Å². The molecule has 0 atom stereocenters. The maximum Gasteiger partial charge on any atom is 0.262 e. The zero-order valence-corrected chi connectivity index (χ0v) is 19.4. The molecule has 1 aromatic heterocycles. The minimum atomic E-state index is -0.290. The molecule has 3 N–H and O–H groups in total. The summed E-state index contributed by atoms with van der Waals surface area (Å²) in [5, 5.41) is 10.1. The van der Waals surface area contributed by atoms with Gasteiger partial charge in [-0.15, -0.1) is 11.3 Å². The highest BCUT2D eigenvalue weighted by Crippen LogP contribution is 2.18. The van der Waals surface area contributed by atoms with Crippen LogP contribution in [0, 0.1) is 0 Å². The predicted octanol–water partition coefficient (Wildman–Crippen LogP) is 4.05. The first-order valence-electron chi connectivity index (χ1n) is 10.6. The van der Waals surface area contributed by atoms with Gasteiger partial charge in [-0.3, -0.25) is 14.4 Å². The van der Waals surface area contributed by atoms with Crippen molar-refractivity contribution in [1.82, 2.24) is 10.6 Å². The Labute approximate surface area is 197 Å². The largest absolute Gasteiger partial charge is 0.484 e. The van der Waals surface area contributed by atoms with Gasteiger partial charge in [0.25, 0.3) is 17.7 Å². The van der Waals surface area contributed by atoms with Crippen LogP contribution in [-0.4, -0.2) is 37.4 Å². The van der Waals surface area contributed by atoms with Gasteiger partial charge in [-0.2, -0.15) is 0 Å². The highest BCUT2D eigenvalue weighted by atomic mass is 32.1. The molecule has 8 heteroatoms. The highest BCUT2D eigenvalue weighted by Gasteiger charge is 2.09. The first-order valence-corrected chi connectivity index (χ1v) is 11.5. The quantitative estimate of drug-likeness (QED) is 0.394. The molecule has 0 fully saturated rings. The molecule has 0 bridgehead atoms. The van der Waals surface area contributed by atoms with Gasteiger partial charge in [0.1, 0.15) is 5.75 Å². The molecule has 0 saturated heterocycles. The van der Waals surface area contributed by atoms with Gasteiger partial charge in [0.05, 0.1) is 4.88 Å². The first-order chi connectivity index (χ1) is 15.9. The maximum absolute atomic E-state index is 12.2. The van der Waals surface area contributed by atoms with Crippen LogP contribution >= 0.6 is 11.3 Å². The van der Waals surface area contributed by atoms with Gasteiger partial charge in [0.2, 0.25) is 0 Å². The van der Waals surface area contributed by atoms with Crippen LogP contribution in [0.4, 0.5) is 5.69 Å². The van der Waals surface area contributed by atoms with E-state index < -0.39 is 0 Å². The van der Waals surface area contributed by atoms with Crippen LogP contribution in [-0.2, 0) is 4.79 Å². The van der Waals surface area contributed by atoms with Crippen molar-refractivity contribution in [2.24, 2.45) is 0 Å². The van der Waals surface area contributed by atoms with Crippen molar-refractivity contribution in [3.05, 3.63) is 82.0 Å². The molecule has 0 aliphatic rings. The minimum absolute atomic E-state index is 0.111. The molecular weight excluding hydrogens is 438 g/mol. The van der Waals surface area contributed by atoms with Crippen LogP contribution in [0.2, 0.25) is 0 Å². The summed E-state index contributed by atoms with van der Waals surface area (Å²) in [5.41, 5.74) is 2.23. The van der Waals surface area contributed by atoms with Crippen molar-refractivity contribution >= 4 is 34.7 Å². The van der Waals surface area contributed by atoms with Gasteiger partial charge < -0.3 is 20.7 Å². The van der Waals surface area contributed by atoms with E-state index in [0.717, 1.165) is 0 Å². The maximum atomic E-state index is 12.2. The number of amides is 3. The van der Waals surface area contributed by atoms with E-state index in [1.54, 1.807) is 30.3 Å². The lowest BCUT2D eigenvalue weighted by atomic mass is 10.0. The molecule has 0 radical (unpaired) electrons. The summed E-state index contributed by atoms with van der Waals surface area (Å²) in [6.07, 6.45) is 0. The topological polar surface area (TPSA) is 96.5 Å². The SMILES string of the molecule is CC(C)c1ccc(OCC(=O)Nc2ccc(C(=O)NCCNC(=O)c3cccs3)cc2)cc1. The molecule has 7 nitrogen and oxygen atoms in total. The van der Waals surface area contributed by atoms with Crippen molar-refractivity contribution in [2.75, 3.05) is 25.0 Å². The fourth-order valence-electron chi connectivity index (χ4n) is 2.95. The van der Waals surface area contributed by atoms with E-state index in [4.69, 9.17) is 4.74 Å². The van der Waals surface area contributed by atoms with Gasteiger partial charge in [0, 0.05) is 24.3 Å². The summed E-state index contributed by atoms with van der Waals surface area (Å²) in [7, 11) is 0. The Kier molecular flexibility index (Phi) is 8.60. The number of carbonyl (C=O) groups excluding carboxylic acids is 3. The fourth-order valence-corrected chi connectivity index (χ4v) is 3.59. The third-order valence-corrected chi connectivity index (χ3v) is 5.66. The lowest BCUT2D eigenvalue weighted by Crippen LogP contribution is -2.34. The van der Waals surface area contributed by atoms with Gasteiger partial charge in [0.15, 0.2) is 6.61 Å². The van der Waals surface area contributed by atoms with E-state index in [9.17, 15) is 14.4 Å². The van der Waals surface area contributed by atoms with Crippen LogP contribution in [0.5, 0.6) is 5.75 Å². The van der Waals surface area contributed by atoms with E-state index in [0.29, 0.717) is 40.9 Å². The summed E-state index contributed by atoms with van der Waals surface area (Å²) in [6.45, 7) is 4.76. The number of rotatable bonds is 10. The molecule has 0 spiro atoms. The molecule has 1 heterocycles. The summed E-state index contributed by atoms with van der Waals surface area (Å²) in [6, 6.07) is 17.8. The van der Waals surface area contributed by atoms with Crippen molar-refractivity contribution < 1.29 is 19.1 Å². The van der Waals surface area contributed by atoms with Gasteiger partial charge in [-0.25, -0.2) is 0 Å². The molecular formula is C25H27N3O4S. The number of anilines is 1. The van der Waals surface area contributed by atoms with Gasteiger partial charge in [-0.1, -0.05) is 32.0 Å². The fraction of sp³-hybridized carbons (Fsp3) is 0.240. The zero-order chi connectivity index (χ0) is 23.6. The second-order valence-corrected chi connectivity index (χ2v) is 8.57. The van der Waals surface area contributed by atoms with E-state index in [1.165, 1.54) is 16.9 Å².